The molecule has 0 radical (unpaired) electrons. The number of phenols is 1. The Bertz CT molecular complexity index is 479. The zero-order chi connectivity index (χ0) is 15.2. The SMILES string of the molecule is CCOC(=O)C1CCC(NCc2cccc(C)c2O)CC1. The lowest BCUT2D eigenvalue weighted by Crippen LogP contribution is -2.35. The summed E-state index contributed by atoms with van der Waals surface area (Å²) >= 11 is 0. The number of phenolic OH excluding ortho intramolecular Hbond substituents is 1. The lowest BCUT2D eigenvalue weighted by atomic mass is 9.86. The van der Waals surface area contributed by atoms with Crippen LogP contribution in [0.2, 0.25) is 0 Å². The van der Waals surface area contributed by atoms with E-state index in [0.717, 1.165) is 36.8 Å². The van der Waals surface area contributed by atoms with E-state index in [1.54, 1.807) is 0 Å². The van der Waals surface area contributed by atoms with E-state index in [9.17, 15) is 9.90 Å². The van der Waals surface area contributed by atoms with Gasteiger partial charge in [0.25, 0.3) is 0 Å². The van der Waals surface area contributed by atoms with Gasteiger partial charge < -0.3 is 15.2 Å². The molecule has 0 bridgehead atoms. The van der Waals surface area contributed by atoms with Gasteiger partial charge in [-0.3, -0.25) is 4.79 Å². The predicted molar refractivity (Wildman–Crippen MR) is 82.1 cm³/mol. The molecule has 0 amide bonds. The van der Waals surface area contributed by atoms with Gasteiger partial charge in [-0.15, -0.1) is 0 Å². The van der Waals surface area contributed by atoms with Gasteiger partial charge >= 0.3 is 5.97 Å². The average Bonchev–Trinajstić information content (AvgIpc) is 2.49. The second-order valence-electron chi connectivity index (χ2n) is 5.76. The first-order chi connectivity index (χ1) is 10.1. The van der Waals surface area contributed by atoms with Gasteiger partial charge in [0.2, 0.25) is 0 Å². The van der Waals surface area contributed by atoms with E-state index in [0.29, 0.717) is 24.9 Å². The number of aromatic hydroxyl groups is 1. The molecule has 1 aliphatic carbocycles. The average molecular weight is 291 g/mol. The van der Waals surface area contributed by atoms with Crippen molar-refractivity contribution in [2.45, 2.75) is 52.1 Å². The summed E-state index contributed by atoms with van der Waals surface area (Å²) in [7, 11) is 0. The molecule has 0 heterocycles. The molecule has 21 heavy (non-hydrogen) atoms. The Morgan fingerprint density at radius 1 is 1.33 bits per heavy atom. The number of aryl methyl sites for hydroxylation is 1. The summed E-state index contributed by atoms with van der Waals surface area (Å²) in [6.07, 6.45) is 3.73. The molecule has 2 N–H and O–H groups in total. The summed E-state index contributed by atoms with van der Waals surface area (Å²) in [5.74, 6) is 0.396. The van der Waals surface area contributed by atoms with Crippen LogP contribution in [0.25, 0.3) is 0 Å². The lowest BCUT2D eigenvalue weighted by Gasteiger charge is -2.28. The summed E-state index contributed by atoms with van der Waals surface area (Å²) in [5, 5.41) is 13.5. The smallest absolute Gasteiger partial charge is 0.308 e. The normalized spacial score (nSPS) is 22.0. The van der Waals surface area contributed by atoms with Gasteiger partial charge in [0.15, 0.2) is 0 Å². The number of ether oxygens (including phenoxy) is 1. The predicted octanol–water partition coefficient (Wildman–Crippen LogP) is 2.91. The Hall–Kier alpha value is -1.55. The molecular weight excluding hydrogens is 266 g/mol. The largest absolute Gasteiger partial charge is 0.507 e. The van der Waals surface area contributed by atoms with Crippen LogP contribution >= 0.6 is 0 Å². The molecule has 2 rings (SSSR count). The molecule has 0 spiro atoms. The lowest BCUT2D eigenvalue weighted by molar-refractivity contribution is -0.149. The van der Waals surface area contributed by atoms with Gasteiger partial charge in [-0.25, -0.2) is 0 Å². The molecule has 0 aliphatic heterocycles. The van der Waals surface area contributed by atoms with Crippen LogP contribution in [0.1, 0.15) is 43.7 Å². The van der Waals surface area contributed by atoms with E-state index >= 15 is 0 Å². The zero-order valence-electron chi connectivity index (χ0n) is 12.9. The number of carbonyl (C=O) groups is 1. The van der Waals surface area contributed by atoms with Crippen molar-refractivity contribution in [3.05, 3.63) is 29.3 Å². The molecule has 1 saturated carbocycles. The van der Waals surface area contributed by atoms with Gasteiger partial charge in [-0.2, -0.15) is 0 Å². The minimum Gasteiger partial charge on any atom is -0.507 e. The van der Waals surface area contributed by atoms with Crippen LogP contribution in [-0.2, 0) is 16.1 Å². The van der Waals surface area contributed by atoms with Crippen molar-refractivity contribution in [2.75, 3.05) is 6.61 Å². The monoisotopic (exact) mass is 291 g/mol. The Morgan fingerprint density at radius 3 is 2.71 bits per heavy atom. The first kappa shape index (κ1) is 15.8. The first-order valence-electron chi connectivity index (χ1n) is 7.79. The Balaban J connectivity index is 1.79. The molecule has 4 heteroatoms. The number of hydrogen-bond donors (Lipinski definition) is 2. The molecular formula is C17H25NO3. The molecule has 0 atom stereocenters. The van der Waals surface area contributed by atoms with Crippen LogP contribution in [0.3, 0.4) is 0 Å². The van der Waals surface area contributed by atoms with Crippen LogP contribution in [-0.4, -0.2) is 23.7 Å². The van der Waals surface area contributed by atoms with Crippen molar-refractivity contribution < 1.29 is 14.6 Å². The Morgan fingerprint density at radius 2 is 2.05 bits per heavy atom. The van der Waals surface area contributed by atoms with Crippen molar-refractivity contribution in [1.29, 1.82) is 0 Å². The summed E-state index contributed by atoms with van der Waals surface area (Å²) in [5.41, 5.74) is 1.84. The minimum absolute atomic E-state index is 0.0488. The molecule has 1 aromatic rings. The fourth-order valence-corrected chi connectivity index (χ4v) is 2.91. The third kappa shape index (κ3) is 4.21. The maximum atomic E-state index is 11.7. The van der Waals surface area contributed by atoms with E-state index in [-0.39, 0.29) is 11.9 Å². The maximum absolute atomic E-state index is 11.7. The summed E-state index contributed by atoms with van der Waals surface area (Å²) < 4.78 is 5.08. The second-order valence-corrected chi connectivity index (χ2v) is 5.76. The molecule has 0 unspecified atom stereocenters. The highest BCUT2D eigenvalue weighted by molar-refractivity contribution is 5.72. The highest BCUT2D eigenvalue weighted by Crippen LogP contribution is 2.26. The van der Waals surface area contributed by atoms with Crippen molar-refractivity contribution >= 4 is 5.97 Å². The fourth-order valence-electron chi connectivity index (χ4n) is 2.91. The molecule has 0 saturated heterocycles. The van der Waals surface area contributed by atoms with Gasteiger partial charge in [0.05, 0.1) is 12.5 Å². The number of rotatable bonds is 5. The number of hydrogen-bond acceptors (Lipinski definition) is 4. The standard InChI is InChI=1S/C17H25NO3/c1-3-21-17(20)13-7-9-15(10-8-13)18-11-14-6-4-5-12(2)16(14)19/h4-6,13,15,18-19H,3,7-11H2,1-2H3. The number of esters is 1. The topological polar surface area (TPSA) is 58.6 Å². The zero-order valence-corrected chi connectivity index (χ0v) is 12.9. The van der Waals surface area contributed by atoms with Crippen molar-refractivity contribution in [1.82, 2.24) is 5.32 Å². The third-order valence-corrected chi connectivity index (χ3v) is 4.25. The molecule has 0 aromatic heterocycles. The number of benzene rings is 1. The van der Waals surface area contributed by atoms with Crippen LogP contribution in [0.15, 0.2) is 18.2 Å². The van der Waals surface area contributed by atoms with Gasteiger partial charge in [-0.05, 0) is 45.1 Å². The highest BCUT2D eigenvalue weighted by atomic mass is 16.5. The van der Waals surface area contributed by atoms with Gasteiger partial charge in [0, 0.05) is 18.2 Å². The Kier molecular flexibility index (Phi) is 5.62. The summed E-state index contributed by atoms with van der Waals surface area (Å²) in [4.78, 5) is 11.7. The summed E-state index contributed by atoms with van der Waals surface area (Å²) in [6.45, 7) is 4.88. The van der Waals surface area contributed by atoms with Crippen LogP contribution in [0.4, 0.5) is 0 Å². The minimum atomic E-state index is -0.0488. The first-order valence-corrected chi connectivity index (χ1v) is 7.79. The van der Waals surface area contributed by atoms with Gasteiger partial charge in [-0.1, -0.05) is 18.2 Å². The molecule has 116 valence electrons. The van der Waals surface area contributed by atoms with E-state index < -0.39 is 0 Å². The van der Waals surface area contributed by atoms with Gasteiger partial charge in [0.1, 0.15) is 5.75 Å². The number of carbonyl (C=O) groups excluding carboxylic acids is 1. The third-order valence-electron chi connectivity index (χ3n) is 4.25. The number of para-hydroxylation sites is 1. The Labute approximate surface area is 126 Å². The quantitative estimate of drug-likeness (QED) is 0.819. The molecule has 1 aliphatic rings. The second kappa shape index (κ2) is 7.46. The van der Waals surface area contributed by atoms with E-state index in [4.69, 9.17) is 4.74 Å². The van der Waals surface area contributed by atoms with E-state index in [2.05, 4.69) is 5.32 Å². The maximum Gasteiger partial charge on any atom is 0.308 e. The van der Waals surface area contributed by atoms with Crippen molar-refractivity contribution in [2.24, 2.45) is 5.92 Å². The van der Waals surface area contributed by atoms with E-state index in [1.807, 2.05) is 32.0 Å². The highest BCUT2D eigenvalue weighted by Gasteiger charge is 2.26. The van der Waals surface area contributed by atoms with Crippen molar-refractivity contribution in [3.63, 3.8) is 0 Å². The molecule has 1 aromatic carbocycles. The van der Waals surface area contributed by atoms with Crippen LogP contribution in [0, 0.1) is 12.8 Å². The van der Waals surface area contributed by atoms with Crippen molar-refractivity contribution in [3.8, 4) is 5.75 Å². The molecule has 1 fully saturated rings. The summed E-state index contributed by atoms with van der Waals surface area (Å²) in [6, 6.07) is 6.22. The van der Waals surface area contributed by atoms with E-state index in [1.165, 1.54) is 0 Å². The van der Waals surface area contributed by atoms with Crippen LogP contribution < -0.4 is 5.32 Å². The fraction of sp³-hybridized carbons (Fsp3) is 0.588. The molecule has 4 nitrogen and oxygen atoms in total. The number of nitrogens with one attached hydrogen (secondary N) is 1. The van der Waals surface area contributed by atoms with Crippen LogP contribution in [0.5, 0.6) is 5.75 Å².